The van der Waals surface area contributed by atoms with Crippen LogP contribution in [0, 0.1) is 0 Å². The van der Waals surface area contributed by atoms with Gasteiger partial charge in [0.1, 0.15) is 5.54 Å². The highest BCUT2D eigenvalue weighted by Crippen LogP contribution is 2.16. The van der Waals surface area contributed by atoms with Crippen LogP contribution in [0.25, 0.3) is 0 Å². The SMILES string of the molecule is CCCOCCCCC(C)(NCC)C(=O)OCC. The van der Waals surface area contributed by atoms with Crippen LogP contribution in [-0.4, -0.2) is 37.9 Å². The van der Waals surface area contributed by atoms with E-state index in [-0.39, 0.29) is 5.97 Å². The third kappa shape index (κ3) is 6.97. The van der Waals surface area contributed by atoms with Gasteiger partial charge in [0.25, 0.3) is 0 Å². The molecule has 0 spiro atoms. The zero-order valence-corrected chi connectivity index (χ0v) is 12.4. The minimum Gasteiger partial charge on any atom is -0.465 e. The molecule has 0 rings (SSSR count). The van der Waals surface area contributed by atoms with Gasteiger partial charge in [-0.3, -0.25) is 4.79 Å². The van der Waals surface area contributed by atoms with Crippen LogP contribution in [0.5, 0.6) is 0 Å². The molecule has 0 radical (unpaired) electrons. The first-order valence-corrected chi connectivity index (χ1v) is 7.10. The molecule has 1 atom stereocenters. The molecule has 0 aromatic rings. The lowest BCUT2D eigenvalue weighted by molar-refractivity contribution is -0.150. The lowest BCUT2D eigenvalue weighted by Gasteiger charge is -2.28. The van der Waals surface area contributed by atoms with Gasteiger partial charge in [0.15, 0.2) is 0 Å². The zero-order valence-electron chi connectivity index (χ0n) is 12.4. The van der Waals surface area contributed by atoms with Gasteiger partial charge in [-0.05, 0) is 46.1 Å². The molecule has 108 valence electrons. The van der Waals surface area contributed by atoms with Crippen molar-refractivity contribution in [2.75, 3.05) is 26.4 Å². The molecule has 0 aromatic heterocycles. The number of rotatable bonds is 11. The number of unbranched alkanes of at least 4 members (excludes halogenated alkanes) is 1. The van der Waals surface area contributed by atoms with E-state index in [2.05, 4.69) is 12.2 Å². The Morgan fingerprint density at radius 1 is 1.17 bits per heavy atom. The summed E-state index contributed by atoms with van der Waals surface area (Å²) >= 11 is 0. The fourth-order valence-electron chi connectivity index (χ4n) is 1.87. The number of carbonyl (C=O) groups is 1. The lowest BCUT2D eigenvalue weighted by atomic mass is 9.95. The molecule has 0 aromatic carbocycles. The van der Waals surface area contributed by atoms with Crippen molar-refractivity contribution in [2.45, 2.75) is 58.9 Å². The summed E-state index contributed by atoms with van der Waals surface area (Å²) in [6, 6.07) is 0. The monoisotopic (exact) mass is 259 g/mol. The van der Waals surface area contributed by atoms with Gasteiger partial charge in [0.05, 0.1) is 6.61 Å². The summed E-state index contributed by atoms with van der Waals surface area (Å²) in [6.07, 6.45) is 3.79. The van der Waals surface area contributed by atoms with Crippen LogP contribution in [0.3, 0.4) is 0 Å². The number of likely N-dealkylation sites (N-methyl/N-ethyl adjacent to an activating group) is 1. The van der Waals surface area contributed by atoms with Crippen LogP contribution in [0.4, 0.5) is 0 Å². The van der Waals surface area contributed by atoms with Crippen molar-refractivity contribution >= 4 is 5.97 Å². The van der Waals surface area contributed by atoms with Gasteiger partial charge in [0, 0.05) is 13.2 Å². The first-order valence-electron chi connectivity index (χ1n) is 7.10. The van der Waals surface area contributed by atoms with Crippen molar-refractivity contribution in [1.29, 1.82) is 0 Å². The van der Waals surface area contributed by atoms with Gasteiger partial charge in [0.2, 0.25) is 0 Å². The highest BCUT2D eigenvalue weighted by atomic mass is 16.5. The lowest BCUT2D eigenvalue weighted by Crippen LogP contribution is -2.50. The molecular weight excluding hydrogens is 230 g/mol. The van der Waals surface area contributed by atoms with E-state index in [0.717, 1.165) is 45.4 Å². The van der Waals surface area contributed by atoms with Crippen molar-refractivity contribution in [3.8, 4) is 0 Å². The Bertz CT molecular complexity index is 221. The summed E-state index contributed by atoms with van der Waals surface area (Å²) in [5, 5.41) is 3.23. The Labute approximate surface area is 111 Å². The van der Waals surface area contributed by atoms with Crippen molar-refractivity contribution in [3.63, 3.8) is 0 Å². The van der Waals surface area contributed by atoms with Gasteiger partial charge >= 0.3 is 5.97 Å². The fraction of sp³-hybridized carbons (Fsp3) is 0.929. The maximum absolute atomic E-state index is 11.9. The fourth-order valence-corrected chi connectivity index (χ4v) is 1.87. The third-order valence-corrected chi connectivity index (χ3v) is 2.86. The number of esters is 1. The predicted octanol–water partition coefficient (Wildman–Crippen LogP) is 2.51. The second-order valence-electron chi connectivity index (χ2n) is 4.65. The van der Waals surface area contributed by atoms with Crippen LogP contribution in [-0.2, 0) is 14.3 Å². The van der Waals surface area contributed by atoms with Gasteiger partial charge in [-0.15, -0.1) is 0 Å². The van der Waals surface area contributed by atoms with E-state index >= 15 is 0 Å². The Morgan fingerprint density at radius 3 is 2.44 bits per heavy atom. The normalized spacial score (nSPS) is 14.2. The highest BCUT2D eigenvalue weighted by Gasteiger charge is 2.32. The zero-order chi connectivity index (χ0) is 13.9. The minimum atomic E-state index is -0.560. The summed E-state index contributed by atoms with van der Waals surface area (Å²) in [7, 11) is 0. The van der Waals surface area contributed by atoms with Crippen LogP contribution < -0.4 is 5.32 Å². The quantitative estimate of drug-likeness (QED) is 0.457. The van der Waals surface area contributed by atoms with E-state index in [4.69, 9.17) is 9.47 Å². The van der Waals surface area contributed by atoms with E-state index in [0.29, 0.717) is 6.61 Å². The average molecular weight is 259 g/mol. The summed E-state index contributed by atoms with van der Waals surface area (Å²) in [5.41, 5.74) is -0.560. The molecule has 0 heterocycles. The molecule has 0 aliphatic carbocycles. The Balaban J connectivity index is 3.98. The maximum atomic E-state index is 11.9. The predicted molar refractivity (Wildman–Crippen MR) is 73.7 cm³/mol. The molecular formula is C14H29NO3. The maximum Gasteiger partial charge on any atom is 0.326 e. The van der Waals surface area contributed by atoms with Crippen LogP contribution in [0.1, 0.15) is 53.4 Å². The van der Waals surface area contributed by atoms with E-state index in [1.165, 1.54) is 0 Å². The van der Waals surface area contributed by atoms with Gasteiger partial charge in [-0.2, -0.15) is 0 Å². The van der Waals surface area contributed by atoms with Gasteiger partial charge in [-0.25, -0.2) is 0 Å². The molecule has 0 bridgehead atoms. The molecule has 1 N–H and O–H groups in total. The molecule has 18 heavy (non-hydrogen) atoms. The first kappa shape index (κ1) is 17.4. The number of hydrogen-bond acceptors (Lipinski definition) is 4. The number of hydrogen-bond donors (Lipinski definition) is 1. The van der Waals surface area contributed by atoms with Crippen molar-refractivity contribution in [3.05, 3.63) is 0 Å². The van der Waals surface area contributed by atoms with E-state index in [9.17, 15) is 4.79 Å². The van der Waals surface area contributed by atoms with Crippen molar-refractivity contribution in [1.82, 2.24) is 5.32 Å². The summed E-state index contributed by atoms with van der Waals surface area (Å²) in [4.78, 5) is 11.9. The minimum absolute atomic E-state index is 0.152. The topological polar surface area (TPSA) is 47.6 Å². The molecule has 4 nitrogen and oxygen atoms in total. The van der Waals surface area contributed by atoms with Crippen molar-refractivity contribution < 1.29 is 14.3 Å². The standard InChI is InChI=1S/C14H29NO3/c1-5-11-17-12-9-8-10-14(4,15-6-2)13(16)18-7-3/h15H,5-12H2,1-4H3. The summed E-state index contributed by atoms with van der Waals surface area (Å²) in [6.45, 7) is 10.7. The number of ether oxygens (including phenoxy) is 2. The largest absolute Gasteiger partial charge is 0.465 e. The van der Waals surface area contributed by atoms with Crippen LogP contribution >= 0.6 is 0 Å². The second kappa shape index (κ2) is 10.3. The molecule has 0 aliphatic rings. The van der Waals surface area contributed by atoms with E-state index in [1.54, 1.807) is 0 Å². The van der Waals surface area contributed by atoms with E-state index < -0.39 is 5.54 Å². The molecule has 0 aliphatic heterocycles. The van der Waals surface area contributed by atoms with Gasteiger partial charge in [-0.1, -0.05) is 13.8 Å². The van der Waals surface area contributed by atoms with Crippen molar-refractivity contribution in [2.24, 2.45) is 0 Å². The van der Waals surface area contributed by atoms with E-state index in [1.807, 2.05) is 20.8 Å². The molecule has 0 saturated carbocycles. The van der Waals surface area contributed by atoms with Crippen LogP contribution in [0.2, 0.25) is 0 Å². The Hall–Kier alpha value is -0.610. The van der Waals surface area contributed by atoms with Gasteiger partial charge < -0.3 is 14.8 Å². The highest BCUT2D eigenvalue weighted by molar-refractivity contribution is 5.80. The Kier molecular flexibility index (Phi) is 9.98. The molecule has 0 fully saturated rings. The molecule has 4 heteroatoms. The molecule has 0 amide bonds. The molecule has 1 unspecified atom stereocenters. The second-order valence-corrected chi connectivity index (χ2v) is 4.65. The third-order valence-electron chi connectivity index (χ3n) is 2.86. The smallest absolute Gasteiger partial charge is 0.326 e. The number of carbonyl (C=O) groups excluding carboxylic acids is 1. The Morgan fingerprint density at radius 2 is 1.89 bits per heavy atom. The average Bonchev–Trinajstić information content (AvgIpc) is 2.34. The summed E-state index contributed by atoms with van der Waals surface area (Å²) < 4.78 is 10.6. The summed E-state index contributed by atoms with van der Waals surface area (Å²) in [5.74, 6) is -0.152. The number of nitrogens with one attached hydrogen (secondary N) is 1. The first-order chi connectivity index (χ1) is 8.60. The van der Waals surface area contributed by atoms with Crippen LogP contribution in [0.15, 0.2) is 0 Å². The molecule has 0 saturated heterocycles.